The predicted molar refractivity (Wildman–Crippen MR) is 94.7 cm³/mol. The van der Waals surface area contributed by atoms with Gasteiger partial charge in [0.1, 0.15) is 0 Å². The third-order valence-electron chi connectivity index (χ3n) is 3.63. The molecule has 1 N–H and O–H groups in total. The van der Waals surface area contributed by atoms with Gasteiger partial charge in [0.25, 0.3) is 5.89 Å². The molecule has 7 nitrogen and oxygen atoms in total. The van der Waals surface area contributed by atoms with Gasteiger partial charge >= 0.3 is 6.01 Å². The fourth-order valence-electron chi connectivity index (χ4n) is 2.45. The number of carbonyl (C=O) groups excluding carboxylic acids is 1. The first kappa shape index (κ1) is 16.7. The normalized spacial score (nSPS) is 12.2. The van der Waals surface area contributed by atoms with Crippen molar-refractivity contribution in [2.24, 2.45) is 0 Å². The van der Waals surface area contributed by atoms with Crippen LogP contribution in [-0.4, -0.2) is 22.9 Å². The van der Waals surface area contributed by atoms with Crippen molar-refractivity contribution in [2.45, 2.75) is 6.42 Å². The van der Waals surface area contributed by atoms with Crippen LogP contribution in [0.5, 0.6) is 11.5 Å². The van der Waals surface area contributed by atoms with Crippen molar-refractivity contribution in [2.75, 3.05) is 12.1 Å². The summed E-state index contributed by atoms with van der Waals surface area (Å²) in [6, 6.07) is 10.2. The van der Waals surface area contributed by atoms with Gasteiger partial charge in [-0.2, -0.15) is 0 Å². The summed E-state index contributed by atoms with van der Waals surface area (Å²) in [5, 5.41) is 11.1. The lowest BCUT2D eigenvalue weighted by Gasteiger charge is -2.03. The number of halogens is 2. The van der Waals surface area contributed by atoms with E-state index in [4.69, 9.17) is 37.1 Å². The van der Waals surface area contributed by atoms with Gasteiger partial charge < -0.3 is 13.9 Å². The molecule has 4 rings (SSSR count). The van der Waals surface area contributed by atoms with Gasteiger partial charge in [0.2, 0.25) is 12.7 Å². The zero-order valence-corrected chi connectivity index (χ0v) is 14.7. The maximum atomic E-state index is 12.2. The van der Waals surface area contributed by atoms with E-state index >= 15 is 0 Å². The minimum atomic E-state index is -0.304. The molecule has 2 heterocycles. The first-order valence-electron chi connectivity index (χ1n) is 7.56. The molecule has 0 atom stereocenters. The van der Waals surface area contributed by atoms with E-state index in [0.717, 1.165) is 5.56 Å². The molecule has 0 unspecified atom stereocenters. The van der Waals surface area contributed by atoms with E-state index in [1.54, 1.807) is 36.4 Å². The summed E-state index contributed by atoms with van der Waals surface area (Å²) in [7, 11) is 0. The van der Waals surface area contributed by atoms with E-state index < -0.39 is 0 Å². The zero-order chi connectivity index (χ0) is 18.1. The van der Waals surface area contributed by atoms with E-state index in [2.05, 4.69) is 15.5 Å². The highest BCUT2D eigenvalue weighted by Gasteiger charge is 2.17. The second-order valence-electron chi connectivity index (χ2n) is 5.45. The molecule has 26 heavy (non-hydrogen) atoms. The van der Waals surface area contributed by atoms with Crippen LogP contribution in [0.2, 0.25) is 10.0 Å². The largest absolute Gasteiger partial charge is 0.454 e. The second kappa shape index (κ2) is 6.86. The summed E-state index contributed by atoms with van der Waals surface area (Å²) in [6.45, 7) is 0.184. The maximum absolute atomic E-state index is 12.2. The summed E-state index contributed by atoms with van der Waals surface area (Å²) in [5.74, 6) is 1.16. The van der Waals surface area contributed by atoms with E-state index in [0.29, 0.717) is 27.1 Å². The average Bonchev–Trinajstić information content (AvgIpc) is 3.23. The van der Waals surface area contributed by atoms with Crippen LogP contribution in [0.1, 0.15) is 5.56 Å². The molecule has 132 valence electrons. The fraction of sp³-hybridized carbons (Fsp3) is 0.118. The molecule has 0 radical (unpaired) electrons. The Morgan fingerprint density at radius 3 is 2.77 bits per heavy atom. The number of carbonyl (C=O) groups is 1. The van der Waals surface area contributed by atoms with Crippen LogP contribution in [0.3, 0.4) is 0 Å². The molecule has 0 spiro atoms. The molecule has 0 aliphatic carbocycles. The smallest absolute Gasteiger partial charge is 0.322 e. The van der Waals surface area contributed by atoms with Gasteiger partial charge in [0, 0.05) is 5.02 Å². The fourth-order valence-corrected chi connectivity index (χ4v) is 2.93. The van der Waals surface area contributed by atoms with Crippen molar-refractivity contribution in [3.8, 4) is 23.0 Å². The zero-order valence-electron chi connectivity index (χ0n) is 13.2. The standard InChI is InChI=1S/C17H11Cl2N3O4/c18-10-2-3-11(12(19)7-10)16-21-22-17(26-16)20-15(23)6-9-1-4-13-14(5-9)25-8-24-13/h1-5,7H,6,8H2,(H,20,22,23). The van der Waals surface area contributed by atoms with E-state index in [1.807, 2.05) is 0 Å². The Morgan fingerprint density at radius 1 is 1.08 bits per heavy atom. The Labute approximate surface area is 157 Å². The van der Waals surface area contributed by atoms with Crippen LogP contribution in [0, 0.1) is 0 Å². The Balaban J connectivity index is 1.44. The van der Waals surface area contributed by atoms with Gasteiger partial charge in [-0.15, -0.1) is 5.10 Å². The van der Waals surface area contributed by atoms with Crippen LogP contribution in [0.25, 0.3) is 11.5 Å². The van der Waals surface area contributed by atoms with Gasteiger partial charge in [-0.25, -0.2) is 0 Å². The van der Waals surface area contributed by atoms with E-state index in [1.165, 1.54) is 0 Å². The SMILES string of the molecule is O=C(Cc1ccc2c(c1)OCO2)Nc1nnc(-c2ccc(Cl)cc2Cl)o1. The van der Waals surface area contributed by atoms with Crippen molar-refractivity contribution >= 4 is 35.1 Å². The Bertz CT molecular complexity index is 990. The molecule has 9 heteroatoms. The molecule has 0 fully saturated rings. The number of aromatic nitrogens is 2. The molecular weight excluding hydrogens is 381 g/mol. The molecule has 2 aromatic carbocycles. The number of fused-ring (bicyclic) bond motifs is 1. The van der Waals surface area contributed by atoms with Crippen molar-refractivity contribution in [3.05, 3.63) is 52.0 Å². The number of benzene rings is 2. The number of hydrogen-bond acceptors (Lipinski definition) is 6. The first-order chi connectivity index (χ1) is 12.6. The minimum Gasteiger partial charge on any atom is -0.454 e. The van der Waals surface area contributed by atoms with E-state index in [-0.39, 0.29) is 31.0 Å². The number of ether oxygens (including phenoxy) is 2. The monoisotopic (exact) mass is 391 g/mol. The quantitative estimate of drug-likeness (QED) is 0.724. The average molecular weight is 392 g/mol. The van der Waals surface area contributed by atoms with Crippen LogP contribution < -0.4 is 14.8 Å². The summed E-state index contributed by atoms with van der Waals surface area (Å²) >= 11 is 12.0. The predicted octanol–water partition coefficient (Wildman–Crippen LogP) is 3.95. The van der Waals surface area contributed by atoms with Crippen molar-refractivity contribution in [1.29, 1.82) is 0 Å². The summed E-state index contributed by atoms with van der Waals surface area (Å²) in [4.78, 5) is 12.2. The molecule has 1 aliphatic rings. The number of anilines is 1. The van der Waals surface area contributed by atoms with Crippen molar-refractivity contribution < 1.29 is 18.7 Å². The van der Waals surface area contributed by atoms with Crippen LogP contribution >= 0.6 is 23.2 Å². The molecule has 0 saturated heterocycles. The van der Waals surface area contributed by atoms with Gasteiger partial charge in [-0.05, 0) is 35.9 Å². The van der Waals surface area contributed by atoms with Crippen molar-refractivity contribution in [1.82, 2.24) is 10.2 Å². The highest BCUT2D eigenvalue weighted by molar-refractivity contribution is 6.36. The van der Waals surface area contributed by atoms with Gasteiger partial charge in [0.15, 0.2) is 11.5 Å². The van der Waals surface area contributed by atoms with Gasteiger partial charge in [0.05, 0.1) is 17.0 Å². The summed E-state index contributed by atoms with van der Waals surface area (Å²) in [5.41, 5.74) is 1.30. The summed E-state index contributed by atoms with van der Waals surface area (Å²) in [6.07, 6.45) is 0.121. The van der Waals surface area contributed by atoms with Gasteiger partial charge in [-0.3, -0.25) is 10.1 Å². The molecule has 1 amide bonds. The maximum Gasteiger partial charge on any atom is 0.322 e. The third-order valence-corrected chi connectivity index (χ3v) is 4.18. The first-order valence-corrected chi connectivity index (χ1v) is 8.31. The lowest BCUT2D eigenvalue weighted by atomic mass is 10.1. The van der Waals surface area contributed by atoms with Crippen LogP contribution in [0.4, 0.5) is 6.01 Å². The second-order valence-corrected chi connectivity index (χ2v) is 6.29. The topological polar surface area (TPSA) is 86.5 Å². The minimum absolute atomic E-state index is 0.0169. The Kier molecular flexibility index (Phi) is 4.40. The summed E-state index contributed by atoms with van der Waals surface area (Å²) < 4.78 is 16.0. The highest BCUT2D eigenvalue weighted by Crippen LogP contribution is 2.33. The molecule has 0 bridgehead atoms. The number of hydrogen-bond donors (Lipinski definition) is 1. The Hall–Kier alpha value is -2.77. The van der Waals surface area contributed by atoms with Gasteiger partial charge in [-0.1, -0.05) is 34.4 Å². The number of nitrogens with one attached hydrogen (secondary N) is 1. The molecule has 1 aromatic heterocycles. The molecule has 0 saturated carbocycles. The number of amides is 1. The lowest BCUT2D eigenvalue weighted by Crippen LogP contribution is -2.14. The van der Waals surface area contributed by atoms with Crippen molar-refractivity contribution in [3.63, 3.8) is 0 Å². The van der Waals surface area contributed by atoms with Crippen LogP contribution in [-0.2, 0) is 11.2 Å². The van der Waals surface area contributed by atoms with E-state index in [9.17, 15) is 4.79 Å². The molecule has 1 aliphatic heterocycles. The highest BCUT2D eigenvalue weighted by atomic mass is 35.5. The Morgan fingerprint density at radius 2 is 1.92 bits per heavy atom. The number of nitrogens with zero attached hydrogens (tertiary/aromatic N) is 2. The molecular formula is C17H11Cl2N3O4. The lowest BCUT2D eigenvalue weighted by molar-refractivity contribution is -0.115. The van der Waals surface area contributed by atoms with Crippen LogP contribution in [0.15, 0.2) is 40.8 Å². The number of rotatable bonds is 4. The third kappa shape index (κ3) is 3.44. The molecule has 3 aromatic rings.